The Morgan fingerprint density at radius 3 is 2.03 bits per heavy atom. The minimum atomic E-state index is -4.61. The summed E-state index contributed by atoms with van der Waals surface area (Å²) in [6.45, 7) is 6.52. The Bertz CT molecular complexity index is 975. The van der Waals surface area contributed by atoms with Crippen molar-refractivity contribution in [3.63, 3.8) is 0 Å². The van der Waals surface area contributed by atoms with Crippen LogP contribution in [-0.4, -0.2) is 67.6 Å². The predicted octanol–water partition coefficient (Wildman–Crippen LogP) is 3.38. The summed E-state index contributed by atoms with van der Waals surface area (Å²) >= 11 is 0. The number of sulfonamides is 1. The molecule has 1 heterocycles. The van der Waals surface area contributed by atoms with Crippen molar-refractivity contribution in [2.75, 3.05) is 31.5 Å². The number of alkyl halides is 3. The Morgan fingerprint density at radius 1 is 1.03 bits per heavy atom. The zero-order chi connectivity index (χ0) is 24.3. The first kappa shape index (κ1) is 25.7. The molecule has 0 saturated carbocycles. The van der Waals surface area contributed by atoms with Crippen LogP contribution in [-0.2, 0) is 19.6 Å². The van der Waals surface area contributed by atoms with Gasteiger partial charge in [0, 0.05) is 43.5 Å². The van der Waals surface area contributed by atoms with E-state index in [1.165, 1.54) is 33.5 Å². The van der Waals surface area contributed by atoms with E-state index in [-0.39, 0.29) is 36.8 Å². The van der Waals surface area contributed by atoms with E-state index in [1.807, 2.05) is 0 Å². The van der Waals surface area contributed by atoms with Crippen LogP contribution in [0.4, 0.5) is 23.7 Å². The number of anilines is 1. The monoisotopic (exact) mass is 477 g/mol. The summed E-state index contributed by atoms with van der Waals surface area (Å²) in [6.07, 6.45) is -4.69. The highest BCUT2D eigenvalue weighted by atomic mass is 32.2. The third-order valence-corrected chi connectivity index (χ3v) is 6.36. The molecule has 0 aromatic heterocycles. The first-order valence-electron chi connectivity index (χ1n) is 9.74. The van der Waals surface area contributed by atoms with Gasteiger partial charge in [0.1, 0.15) is 5.60 Å². The fourth-order valence-electron chi connectivity index (χ4n) is 2.75. The second-order valence-corrected chi connectivity index (χ2v) is 10.1. The zero-order valence-electron chi connectivity index (χ0n) is 18.2. The molecule has 2 amide bonds. The number of benzene rings is 1. The van der Waals surface area contributed by atoms with Crippen molar-refractivity contribution in [3.8, 4) is 0 Å². The van der Waals surface area contributed by atoms with Gasteiger partial charge in [-0.25, -0.2) is 13.2 Å². The smallest absolute Gasteiger partial charge is 0.412 e. The number of nitrogens with zero attached hydrogens (tertiary/aromatic N) is 2. The first-order chi connectivity index (χ1) is 14.6. The highest BCUT2D eigenvalue weighted by Crippen LogP contribution is 2.25. The predicted molar refractivity (Wildman–Crippen MR) is 111 cm³/mol. The molecule has 12 heteroatoms. The number of amides is 2. The first-order valence-corrected chi connectivity index (χ1v) is 11.2. The molecule has 0 unspecified atom stereocenters. The van der Waals surface area contributed by atoms with Gasteiger partial charge in [-0.1, -0.05) is 0 Å². The SMILES string of the molecule is C/C(=C/C(=O)Nc1ccc(S(=O)(=O)N2CCN(C(=O)OC(C)(C)C)CC2)cc1)C(F)(F)F. The third-order valence-electron chi connectivity index (χ3n) is 4.44. The summed E-state index contributed by atoms with van der Waals surface area (Å²) in [5, 5.41) is 2.26. The lowest BCUT2D eigenvalue weighted by Gasteiger charge is -2.35. The molecule has 0 atom stereocenters. The average molecular weight is 478 g/mol. The molecule has 1 aromatic carbocycles. The minimum absolute atomic E-state index is 0.0387. The number of carbonyl (C=O) groups is 2. The zero-order valence-corrected chi connectivity index (χ0v) is 19.0. The van der Waals surface area contributed by atoms with E-state index in [2.05, 4.69) is 5.32 Å². The number of allylic oxidation sites excluding steroid dienone is 1. The highest BCUT2D eigenvalue weighted by molar-refractivity contribution is 7.89. The van der Waals surface area contributed by atoms with Gasteiger partial charge >= 0.3 is 12.3 Å². The summed E-state index contributed by atoms with van der Waals surface area (Å²) in [5.74, 6) is -0.978. The Balaban J connectivity index is 2.01. The normalized spacial score (nSPS) is 16.6. The number of hydrogen-bond donors (Lipinski definition) is 1. The van der Waals surface area contributed by atoms with E-state index < -0.39 is 39.4 Å². The van der Waals surface area contributed by atoms with Crippen molar-refractivity contribution in [2.45, 2.75) is 44.4 Å². The summed E-state index contributed by atoms with van der Waals surface area (Å²) in [4.78, 5) is 25.2. The molecule has 1 aromatic rings. The van der Waals surface area contributed by atoms with E-state index in [0.29, 0.717) is 6.08 Å². The second-order valence-electron chi connectivity index (χ2n) is 8.21. The van der Waals surface area contributed by atoms with Crippen molar-refractivity contribution in [2.24, 2.45) is 0 Å². The molecule has 1 aliphatic rings. The second kappa shape index (κ2) is 9.49. The number of carbonyl (C=O) groups excluding carboxylic acids is 2. The van der Waals surface area contributed by atoms with E-state index in [1.54, 1.807) is 20.8 Å². The van der Waals surface area contributed by atoms with Crippen molar-refractivity contribution in [1.82, 2.24) is 9.21 Å². The number of halogens is 3. The molecular weight excluding hydrogens is 451 g/mol. The Morgan fingerprint density at radius 2 is 1.56 bits per heavy atom. The lowest BCUT2D eigenvalue weighted by Crippen LogP contribution is -2.51. The molecular formula is C20H26F3N3O5S. The van der Waals surface area contributed by atoms with Crippen molar-refractivity contribution < 1.29 is 35.9 Å². The fraction of sp³-hybridized carbons (Fsp3) is 0.500. The van der Waals surface area contributed by atoms with Gasteiger partial charge in [0.2, 0.25) is 15.9 Å². The topological polar surface area (TPSA) is 96.0 Å². The lowest BCUT2D eigenvalue weighted by atomic mass is 10.2. The summed E-state index contributed by atoms with van der Waals surface area (Å²) < 4.78 is 69.7. The van der Waals surface area contributed by atoms with Gasteiger partial charge in [-0.3, -0.25) is 4.79 Å². The molecule has 8 nitrogen and oxygen atoms in total. The van der Waals surface area contributed by atoms with Gasteiger partial charge in [0.15, 0.2) is 0 Å². The molecule has 1 aliphatic heterocycles. The Kier molecular flexibility index (Phi) is 7.61. The molecule has 0 radical (unpaired) electrons. The van der Waals surface area contributed by atoms with Gasteiger partial charge < -0.3 is 15.0 Å². The molecule has 0 bridgehead atoms. The summed E-state index contributed by atoms with van der Waals surface area (Å²) in [6, 6.07) is 5.09. The molecule has 178 valence electrons. The van der Waals surface area contributed by atoms with Crippen LogP contribution >= 0.6 is 0 Å². The van der Waals surface area contributed by atoms with Gasteiger partial charge in [-0.15, -0.1) is 0 Å². The van der Waals surface area contributed by atoms with Crippen LogP contribution < -0.4 is 5.32 Å². The van der Waals surface area contributed by atoms with Crippen molar-refractivity contribution in [1.29, 1.82) is 0 Å². The third kappa shape index (κ3) is 6.95. The number of ether oxygens (including phenoxy) is 1. The molecule has 0 aliphatic carbocycles. The van der Waals surface area contributed by atoms with E-state index in [9.17, 15) is 31.2 Å². The molecule has 1 saturated heterocycles. The minimum Gasteiger partial charge on any atom is -0.444 e. The number of piperazine rings is 1. The van der Waals surface area contributed by atoms with Crippen LogP contribution in [0.3, 0.4) is 0 Å². The van der Waals surface area contributed by atoms with Crippen LogP contribution in [0.1, 0.15) is 27.7 Å². The van der Waals surface area contributed by atoms with Crippen molar-refractivity contribution in [3.05, 3.63) is 35.9 Å². The molecule has 0 spiro atoms. The van der Waals surface area contributed by atoms with Crippen LogP contribution in [0, 0.1) is 0 Å². The van der Waals surface area contributed by atoms with Gasteiger partial charge in [0.05, 0.1) is 4.90 Å². The lowest BCUT2D eigenvalue weighted by molar-refractivity contribution is -0.113. The van der Waals surface area contributed by atoms with E-state index in [4.69, 9.17) is 4.74 Å². The molecule has 1 N–H and O–H groups in total. The van der Waals surface area contributed by atoms with Gasteiger partial charge in [0.25, 0.3) is 0 Å². The van der Waals surface area contributed by atoms with Crippen molar-refractivity contribution >= 4 is 27.7 Å². The van der Waals surface area contributed by atoms with Crippen LogP contribution in [0.25, 0.3) is 0 Å². The number of hydrogen-bond acceptors (Lipinski definition) is 5. The molecule has 32 heavy (non-hydrogen) atoms. The van der Waals surface area contributed by atoms with Crippen LogP contribution in [0.5, 0.6) is 0 Å². The summed E-state index contributed by atoms with van der Waals surface area (Å²) in [7, 11) is -3.85. The van der Waals surface area contributed by atoms with E-state index in [0.717, 1.165) is 6.92 Å². The van der Waals surface area contributed by atoms with Gasteiger partial charge in [-0.2, -0.15) is 17.5 Å². The Labute approximate surface area is 185 Å². The maximum atomic E-state index is 12.9. The van der Waals surface area contributed by atoms with E-state index >= 15 is 0 Å². The highest BCUT2D eigenvalue weighted by Gasteiger charge is 2.32. The molecule has 2 rings (SSSR count). The fourth-order valence-corrected chi connectivity index (χ4v) is 4.18. The maximum Gasteiger partial charge on any atom is 0.412 e. The van der Waals surface area contributed by atoms with Crippen LogP contribution in [0.2, 0.25) is 0 Å². The maximum absolute atomic E-state index is 12.9. The standard InChI is InChI=1S/C20H26F3N3O5S/c1-14(20(21,22)23)13-17(27)24-15-5-7-16(8-6-15)32(29,30)26-11-9-25(10-12-26)18(28)31-19(2,3)4/h5-8,13H,9-12H2,1-4H3,(H,24,27)/b14-13-. The average Bonchev–Trinajstić information content (AvgIpc) is 2.66. The quantitative estimate of drug-likeness (QED) is 0.671. The molecule has 1 fully saturated rings. The Hall–Kier alpha value is -2.60. The van der Waals surface area contributed by atoms with Crippen LogP contribution in [0.15, 0.2) is 40.8 Å². The number of nitrogens with one attached hydrogen (secondary N) is 1. The number of rotatable bonds is 4. The van der Waals surface area contributed by atoms with Gasteiger partial charge in [-0.05, 0) is 52.0 Å². The largest absolute Gasteiger partial charge is 0.444 e. The summed E-state index contributed by atoms with van der Waals surface area (Å²) in [5.41, 5.74) is -1.56.